The second kappa shape index (κ2) is 10.6. The molecule has 5 nitrogen and oxygen atoms in total. The molecule has 2 aromatic carbocycles. The zero-order valence-electron chi connectivity index (χ0n) is 18.3. The van der Waals surface area contributed by atoms with Gasteiger partial charge >= 0.3 is 0 Å². The Bertz CT molecular complexity index is 1010. The van der Waals surface area contributed by atoms with Gasteiger partial charge in [-0.3, -0.25) is 15.0 Å². The van der Waals surface area contributed by atoms with E-state index in [0.717, 1.165) is 30.8 Å². The van der Waals surface area contributed by atoms with E-state index < -0.39 is 0 Å². The molecule has 4 rings (SSSR count). The number of benzene rings is 2. The normalized spacial score (nSPS) is 14.7. The topological polar surface area (TPSA) is 51.3 Å². The summed E-state index contributed by atoms with van der Waals surface area (Å²) in [5, 5.41) is 11.0. The summed E-state index contributed by atoms with van der Waals surface area (Å²) in [5.74, 6) is 0.477. The Labute approximate surface area is 188 Å². The van der Waals surface area contributed by atoms with Crippen molar-refractivity contribution in [3.8, 4) is 0 Å². The van der Waals surface area contributed by atoms with Crippen LogP contribution in [0.5, 0.6) is 0 Å². The van der Waals surface area contributed by atoms with Crippen molar-refractivity contribution in [1.29, 1.82) is 0 Å². The van der Waals surface area contributed by atoms with Crippen molar-refractivity contribution in [3.63, 3.8) is 0 Å². The van der Waals surface area contributed by atoms with Gasteiger partial charge in [0, 0.05) is 50.2 Å². The average molecular weight is 436 g/mol. The first-order valence-electron chi connectivity index (χ1n) is 11.4. The number of aromatic nitrogens is 1. The summed E-state index contributed by atoms with van der Waals surface area (Å²) in [7, 11) is 0. The minimum absolute atomic E-state index is 0.126. The van der Waals surface area contributed by atoms with E-state index >= 15 is 0 Å². The van der Waals surface area contributed by atoms with Crippen LogP contribution >= 0.6 is 0 Å². The number of nitro groups is 1. The van der Waals surface area contributed by atoms with Crippen molar-refractivity contribution in [1.82, 2.24) is 9.47 Å². The van der Waals surface area contributed by atoms with E-state index in [4.69, 9.17) is 0 Å². The monoisotopic (exact) mass is 435 g/mol. The lowest BCUT2D eigenvalue weighted by molar-refractivity contribution is -0.384. The van der Waals surface area contributed by atoms with Gasteiger partial charge in [-0.15, -0.1) is 0 Å². The predicted molar refractivity (Wildman–Crippen MR) is 124 cm³/mol. The first kappa shape index (κ1) is 22.2. The highest BCUT2D eigenvalue weighted by molar-refractivity contribution is 5.32. The summed E-state index contributed by atoms with van der Waals surface area (Å²) in [6, 6.07) is 17.8. The van der Waals surface area contributed by atoms with Gasteiger partial charge in [-0.25, -0.2) is 4.39 Å². The lowest BCUT2D eigenvalue weighted by Gasteiger charge is -2.30. The van der Waals surface area contributed by atoms with E-state index in [1.807, 2.05) is 24.3 Å². The molecular weight excluding hydrogens is 405 g/mol. The van der Waals surface area contributed by atoms with E-state index in [2.05, 4.69) is 27.8 Å². The van der Waals surface area contributed by atoms with Gasteiger partial charge in [0.25, 0.3) is 5.69 Å². The smallest absolute Gasteiger partial charge is 0.269 e. The zero-order valence-corrected chi connectivity index (χ0v) is 18.3. The molecule has 6 heteroatoms. The van der Waals surface area contributed by atoms with Crippen LogP contribution in [-0.4, -0.2) is 20.9 Å². The Morgan fingerprint density at radius 3 is 2.31 bits per heavy atom. The lowest BCUT2D eigenvalue weighted by atomic mass is 9.89. The van der Waals surface area contributed by atoms with Crippen molar-refractivity contribution in [3.05, 3.63) is 99.6 Å². The van der Waals surface area contributed by atoms with Crippen LogP contribution in [-0.2, 0) is 19.6 Å². The predicted octanol–water partition coefficient (Wildman–Crippen LogP) is 6.17. The molecule has 0 saturated heterocycles. The van der Waals surface area contributed by atoms with Crippen molar-refractivity contribution in [2.24, 2.45) is 5.92 Å². The van der Waals surface area contributed by atoms with Crippen molar-refractivity contribution in [2.75, 3.05) is 6.54 Å². The van der Waals surface area contributed by atoms with E-state index in [1.54, 1.807) is 12.1 Å². The van der Waals surface area contributed by atoms with Crippen LogP contribution in [0.1, 0.15) is 48.9 Å². The van der Waals surface area contributed by atoms with E-state index in [9.17, 15) is 14.5 Å². The Kier molecular flexibility index (Phi) is 7.32. The summed E-state index contributed by atoms with van der Waals surface area (Å²) in [6.45, 7) is 3.30. The van der Waals surface area contributed by atoms with Gasteiger partial charge < -0.3 is 4.57 Å². The van der Waals surface area contributed by atoms with Gasteiger partial charge in [0.05, 0.1) is 4.92 Å². The lowest BCUT2D eigenvalue weighted by Crippen LogP contribution is -2.30. The highest BCUT2D eigenvalue weighted by Gasteiger charge is 2.19. The number of nitro benzene ring substituents is 1. The number of non-ortho nitro benzene ring substituents is 1. The third-order valence-electron chi connectivity index (χ3n) is 6.37. The summed E-state index contributed by atoms with van der Waals surface area (Å²) in [4.78, 5) is 13.1. The second-order valence-corrected chi connectivity index (χ2v) is 8.85. The Balaban J connectivity index is 1.49. The van der Waals surface area contributed by atoms with Crippen LogP contribution in [0.25, 0.3) is 0 Å². The van der Waals surface area contributed by atoms with Gasteiger partial charge in [-0.2, -0.15) is 0 Å². The minimum Gasteiger partial charge on any atom is -0.346 e. The van der Waals surface area contributed by atoms with Crippen LogP contribution in [0.4, 0.5) is 10.1 Å². The molecule has 0 atom stereocenters. The number of hydrogen-bond acceptors (Lipinski definition) is 3. The molecule has 1 aliphatic rings. The highest BCUT2D eigenvalue weighted by Crippen LogP contribution is 2.26. The molecule has 0 aliphatic heterocycles. The molecule has 0 spiro atoms. The number of halogens is 1. The Hall–Kier alpha value is -2.99. The molecular formula is C26H30FN3O2. The fraction of sp³-hybridized carbons (Fsp3) is 0.385. The van der Waals surface area contributed by atoms with Crippen LogP contribution in [0.2, 0.25) is 0 Å². The fourth-order valence-corrected chi connectivity index (χ4v) is 4.66. The van der Waals surface area contributed by atoms with Crippen molar-refractivity contribution in [2.45, 2.75) is 51.7 Å². The molecule has 0 bridgehead atoms. The Morgan fingerprint density at radius 1 is 0.938 bits per heavy atom. The molecule has 0 N–H and O–H groups in total. The molecule has 0 radical (unpaired) electrons. The van der Waals surface area contributed by atoms with E-state index in [-0.39, 0.29) is 16.4 Å². The van der Waals surface area contributed by atoms with Gasteiger partial charge in [0.1, 0.15) is 5.82 Å². The molecule has 1 fully saturated rings. The van der Waals surface area contributed by atoms with Gasteiger partial charge in [-0.1, -0.05) is 43.5 Å². The number of nitrogens with zero attached hydrogens (tertiary/aromatic N) is 3. The molecule has 1 aromatic heterocycles. The second-order valence-electron chi connectivity index (χ2n) is 8.85. The quantitative estimate of drug-likeness (QED) is 0.298. The maximum absolute atomic E-state index is 13.3. The molecule has 1 saturated carbocycles. The largest absolute Gasteiger partial charge is 0.346 e. The number of rotatable bonds is 9. The molecule has 32 heavy (non-hydrogen) atoms. The van der Waals surface area contributed by atoms with E-state index in [1.165, 1.54) is 49.9 Å². The summed E-state index contributed by atoms with van der Waals surface area (Å²) in [6.07, 6.45) is 8.55. The number of hydrogen-bond donors (Lipinski definition) is 0. The SMILES string of the molecule is O=[N+]([O-])c1ccc(CN(Cc2cccn2Cc2ccc(F)cc2)CC2CCCCC2)cc1. The highest BCUT2D eigenvalue weighted by atomic mass is 19.1. The fourth-order valence-electron chi connectivity index (χ4n) is 4.66. The standard InChI is InChI=1S/C26H30FN3O2/c27-24-12-8-23(9-13-24)19-29-16-4-7-26(29)20-28(17-21-5-2-1-3-6-21)18-22-10-14-25(15-11-22)30(31)32/h4,7-16,21H,1-3,5-6,17-20H2. The van der Waals surface area contributed by atoms with E-state index in [0.29, 0.717) is 12.5 Å². The van der Waals surface area contributed by atoms with Crippen LogP contribution in [0, 0.1) is 21.8 Å². The third-order valence-corrected chi connectivity index (χ3v) is 6.37. The Morgan fingerprint density at radius 2 is 1.62 bits per heavy atom. The maximum atomic E-state index is 13.3. The van der Waals surface area contributed by atoms with Crippen molar-refractivity contribution < 1.29 is 9.31 Å². The molecule has 3 aromatic rings. The van der Waals surface area contributed by atoms with Gasteiger partial charge in [0.2, 0.25) is 0 Å². The zero-order chi connectivity index (χ0) is 22.3. The first-order chi connectivity index (χ1) is 15.6. The summed E-state index contributed by atoms with van der Waals surface area (Å²) in [5.41, 5.74) is 3.49. The van der Waals surface area contributed by atoms with Crippen LogP contribution in [0.15, 0.2) is 66.9 Å². The molecule has 168 valence electrons. The molecule has 1 heterocycles. The molecule has 1 aliphatic carbocycles. The van der Waals surface area contributed by atoms with Crippen LogP contribution < -0.4 is 0 Å². The third kappa shape index (κ3) is 6.04. The molecule has 0 amide bonds. The summed E-state index contributed by atoms with van der Waals surface area (Å²) < 4.78 is 15.5. The molecule has 0 unspecified atom stereocenters. The van der Waals surface area contributed by atoms with Gasteiger partial charge in [0.15, 0.2) is 0 Å². The van der Waals surface area contributed by atoms with Crippen LogP contribution in [0.3, 0.4) is 0 Å². The summed E-state index contributed by atoms with van der Waals surface area (Å²) >= 11 is 0. The first-order valence-corrected chi connectivity index (χ1v) is 11.4. The maximum Gasteiger partial charge on any atom is 0.269 e. The average Bonchev–Trinajstić information content (AvgIpc) is 3.23. The van der Waals surface area contributed by atoms with Crippen molar-refractivity contribution >= 4 is 5.69 Å². The van der Waals surface area contributed by atoms with Gasteiger partial charge in [-0.05, 0) is 54.2 Å². The minimum atomic E-state index is -0.355.